The molecule has 0 bridgehead atoms. The molecule has 2 fully saturated rings. The maximum atomic E-state index is 12.3. The summed E-state index contributed by atoms with van der Waals surface area (Å²) in [6, 6.07) is -0.155. The summed E-state index contributed by atoms with van der Waals surface area (Å²) in [5.41, 5.74) is -0.993. The molecule has 1 heterocycles. The van der Waals surface area contributed by atoms with Crippen LogP contribution in [0.2, 0.25) is 0 Å². The number of carbonyl (C=O) groups is 3. The van der Waals surface area contributed by atoms with E-state index in [0.29, 0.717) is 0 Å². The smallest absolute Gasteiger partial charge is 0.318 e. The van der Waals surface area contributed by atoms with Crippen molar-refractivity contribution in [3.63, 3.8) is 0 Å². The lowest BCUT2D eigenvalue weighted by Gasteiger charge is -2.40. The summed E-state index contributed by atoms with van der Waals surface area (Å²) in [5.74, 6) is -0.856. The molecule has 1 saturated carbocycles. The predicted molar refractivity (Wildman–Crippen MR) is 69.3 cm³/mol. The highest BCUT2D eigenvalue weighted by atomic mass is 16.2. The van der Waals surface area contributed by atoms with Crippen LogP contribution in [0.1, 0.15) is 46.0 Å². The summed E-state index contributed by atoms with van der Waals surface area (Å²) < 4.78 is 0. The Kier molecular flexibility index (Phi) is 3.78. The lowest BCUT2D eigenvalue weighted by molar-refractivity contribution is -0.142. The quantitative estimate of drug-likeness (QED) is 0.689. The van der Waals surface area contributed by atoms with Crippen molar-refractivity contribution in [2.45, 2.75) is 57.5 Å². The van der Waals surface area contributed by atoms with Gasteiger partial charge in [-0.2, -0.15) is 0 Å². The molecular formula is C13H21N3O3. The molecule has 2 N–H and O–H groups in total. The van der Waals surface area contributed by atoms with Crippen LogP contribution in [-0.2, 0) is 9.59 Å². The van der Waals surface area contributed by atoms with Gasteiger partial charge in [0.05, 0.1) is 0 Å². The molecule has 2 rings (SSSR count). The van der Waals surface area contributed by atoms with E-state index in [4.69, 9.17) is 0 Å². The average Bonchev–Trinajstić information content (AvgIpc) is 2.35. The Hall–Kier alpha value is -1.59. The fourth-order valence-corrected chi connectivity index (χ4v) is 2.61. The molecule has 2 aliphatic rings. The van der Waals surface area contributed by atoms with E-state index in [1.165, 1.54) is 11.3 Å². The van der Waals surface area contributed by atoms with E-state index in [-0.39, 0.29) is 18.6 Å². The number of carbonyl (C=O) groups excluding carboxylic acids is 3. The molecule has 0 atom stereocenters. The molecule has 0 radical (unpaired) electrons. The van der Waals surface area contributed by atoms with Crippen LogP contribution in [0.15, 0.2) is 0 Å². The number of imide groups is 1. The fourth-order valence-electron chi connectivity index (χ4n) is 2.61. The van der Waals surface area contributed by atoms with Gasteiger partial charge in [0.1, 0.15) is 12.1 Å². The second kappa shape index (κ2) is 5.19. The van der Waals surface area contributed by atoms with Gasteiger partial charge in [-0.05, 0) is 26.7 Å². The van der Waals surface area contributed by atoms with Crippen molar-refractivity contribution in [3.05, 3.63) is 0 Å². The van der Waals surface area contributed by atoms with Gasteiger partial charge in [-0.15, -0.1) is 0 Å². The summed E-state index contributed by atoms with van der Waals surface area (Å²) in [6.45, 7) is 3.22. The molecule has 1 saturated heterocycles. The third-order valence-electron chi connectivity index (χ3n) is 3.96. The van der Waals surface area contributed by atoms with E-state index >= 15 is 0 Å². The van der Waals surface area contributed by atoms with Crippen LogP contribution >= 0.6 is 0 Å². The minimum atomic E-state index is -0.993. The summed E-state index contributed by atoms with van der Waals surface area (Å²) in [6.07, 6.45) is 5.39. The molecule has 106 valence electrons. The number of amides is 4. The number of urea groups is 1. The molecule has 1 aliphatic heterocycles. The number of piperazine rings is 1. The van der Waals surface area contributed by atoms with Gasteiger partial charge < -0.3 is 10.2 Å². The summed E-state index contributed by atoms with van der Waals surface area (Å²) in [5, 5.41) is 5.20. The SMILES string of the molecule is CC1(C)C(=O)NC(=O)CN1C(=O)NC1CCCCC1. The molecule has 0 aromatic carbocycles. The number of hydrogen-bond donors (Lipinski definition) is 2. The van der Waals surface area contributed by atoms with E-state index in [1.54, 1.807) is 13.8 Å². The molecule has 19 heavy (non-hydrogen) atoms. The molecular weight excluding hydrogens is 246 g/mol. The fraction of sp³-hybridized carbons (Fsp3) is 0.769. The first-order valence-corrected chi connectivity index (χ1v) is 6.83. The van der Waals surface area contributed by atoms with Crippen molar-refractivity contribution in [1.29, 1.82) is 0 Å². The first-order chi connectivity index (χ1) is 8.91. The van der Waals surface area contributed by atoms with Crippen molar-refractivity contribution in [1.82, 2.24) is 15.5 Å². The molecule has 4 amide bonds. The zero-order valence-electron chi connectivity index (χ0n) is 11.5. The Balaban J connectivity index is 2.03. The minimum absolute atomic E-state index is 0.0721. The van der Waals surface area contributed by atoms with Crippen LogP contribution in [0.4, 0.5) is 4.79 Å². The van der Waals surface area contributed by atoms with Crippen molar-refractivity contribution in [3.8, 4) is 0 Å². The number of hydrogen-bond acceptors (Lipinski definition) is 3. The van der Waals surface area contributed by atoms with E-state index in [0.717, 1.165) is 25.7 Å². The van der Waals surface area contributed by atoms with Gasteiger partial charge in [0.2, 0.25) is 5.91 Å². The number of nitrogens with one attached hydrogen (secondary N) is 2. The zero-order valence-corrected chi connectivity index (χ0v) is 11.5. The van der Waals surface area contributed by atoms with E-state index in [9.17, 15) is 14.4 Å². The van der Waals surface area contributed by atoms with Crippen LogP contribution in [0.5, 0.6) is 0 Å². The molecule has 0 unspecified atom stereocenters. The Morgan fingerprint density at radius 1 is 1.26 bits per heavy atom. The first kappa shape index (κ1) is 13.8. The molecule has 1 aliphatic carbocycles. The average molecular weight is 267 g/mol. The van der Waals surface area contributed by atoms with Gasteiger partial charge >= 0.3 is 6.03 Å². The Morgan fingerprint density at radius 2 is 1.89 bits per heavy atom. The van der Waals surface area contributed by atoms with Gasteiger partial charge in [0.25, 0.3) is 5.91 Å². The van der Waals surface area contributed by atoms with Gasteiger partial charge in [0, 0.05) is 6.04 Å². The van der Waals surface area contributed by atoms with Gasteiger partial charge in [0.15, 0.2) is 0 Å². The summed E-state index contributed by atoms with van der Waals surface area (Å²) in [4.78, 5) is 36.8. The van der Waals surface area contributed by atoms with Crippen LogP contribution in [0.3, 0.4) is 0 Å². The van der Waals surface area contributed by atoms with Crippen molar-refractivity contribution in [2.24, 2.45) is 0 Å². The lowest BCUT2D eigenvalue weighted by Crippen LogP contribution is -2.67. The molecule has 0 aromatic rings. The first-order valence-electron chi connectivity index (χ1n) is 6.83. The van der Waals surface area contributed by atoms with Crippen molar-refractivity contribution < 1.29 is 14.4 Å². The van der Waals surface area contributed by atoms with Crippen LogP contribution in [0, 0.1) is 0 Å². The highest BCUT2D eigenvalue weighted by molar-refractivity contribution is 6.05. The van der Waals surface area contributed by atoms with Crippen LogP contribution < -0.4 is 10.6 Å². The standard InChI is InChI=1S/C13H21N3O3/c1-13(2)11(18)15-10(17)8-16(13)12(19)14-9-6-4-3-5-7-9/h9H,3-8H2,1-2H3,(H,14,19)(H,15,17,18). The third kappa shape index (κ3) is 2.88. The normalized spacial score (nSPS) is 24.0. The second-order valence-electron chi connectivity index (χ2n) is 5.81. The van der Waals surface area contributed by atoms with E-state index in [1.807, 2.05) is 0 Å². The Morgan fingerprint density at radius 3 is 2.53 bits per heavy atom. The lowest BCUT2D eigenvalue weighted by atomic mass is 9.95. The van der Waals surface area contributed by atoms with Gasteiger partial charge in [-0.3, -0.25) is 14.9 Å². The Labute approximate surface area is 112 Å². The molecule has 0 spiro atoms. The summed E-state index contributed by atoms with van der Waals surface area (Å²) in [7, 11) is 0. The van der Waals surface area contributed by atoms with Crippen LogP contribution in [0.25, 0.3) is 0 Å². The zero-order chi connectivity index (χ0) is 14.0. The predicted octanol–water partition coefficient (Wildman–Crippen LogP) is 0.766. The Bertz CT molecular complexity index is 400. The monoisotopic (exact) mass is 267 g/mol. The highest BCUT2D eigenvalue weighted by Crippen LogP contribution is 2.21. The molecule has 0 aromatic heterocycles. The van der Waals surface area contributed by atoms with Gasteiger partial charge in [-0.1, -0.05) is 19.3 Å². The van der Waals surface area contributed by atoms with E-state index < -0.39 is 17.4 Å². The highest BCUT2D eigenvalue weighted by Gasteiger charge is 2.43. The van der Waals surface area contributed by atoms with Crippen molar-refractivity contribution >= 4 is 17.8 Å². The third-order valence-corrected chi connectivity index (χ3v) is 3.96. The second-order valence-corrected chi connectivity index (χ2v) is 5.81. The van der Waals surface area contributed by atoms with Crippen molar-refractivity contribution in [2.75, 3.05) is 6.54 Å². The minimum Gasteiger partial charge on any atom is -0.335 e. The van der Waals surface area contributed by atoms with Crippen LogP contribution in [-0.4, -0.2) is 40.9 Å². The maximum Gasteiger partial charge on any atom is 0.318 e. The number of nitrogens with zero attached hydrogens (tertiary/aromatic N) is 1. The topological polar surface area (TPSA) is 78.5 Å². The maximum absolute atomic E-state index is 12.3. The van der Waals surface area contributed by atoms with E-state index in [2.05, 4.69) is 10.6 Å². The summed E-state index contributed by atoms with van der Waals surface area (Å²) >= 11 is 0. The molecule has 6 nitrogen and oxygen atoms in total. The van der Waals surface area contributed by atoms with Gasteiger partial charge in [-0.25, -0.2) is 4.79 Å². The number of rotatable bonds is 1. The molecule has 6 heteroatoms. The largest absolute Gasteiger partial charge is 0.335 e.